The second kappa shape index (κ2) is 4.46. The molecule has 0 atom stereocenters. The van der Waals surface area contributed by atoms with Crippen LogP contribution in [0.25, 0.3) is 0 Å². The fourth-order valence-electron chi connectivity index (χ4n) is 1.05. The standard InChI is InChI=1S/C11H11NO2/c1-8-2-4-9(5-3-8)6-11(14)10(12)7-13/h2-5,7,12H,6H2,1H3. The van der Waals surface area contributed by atoms with Gasteiger partial charge in [0.05, 0.1) is 0 Å². The van der Waals surface area contributed by atoms with Crippen LogP contribution in [-0.4, -0.2) is 17.8 Å². The molecule has 0 radical (unpaired) electrons. The number of carbonyl (C=O) groups is 2. The molecule has 0 saturated heterocycles. The highest BCUT2D eigenvalue weighted by molar-refractivity contribution is 6.59. The molecule has 0 aliphatic heterocycles. The van der Waals surface area contributed by atoms with Gasteiger partial charge >= 0.3 is 0 Å². The van der Waals surface area contributed by atoms with Crippen LogP contribution in [0, 0.1) is 12.3 Å². The number of rotatable bonds is 4. The van der Waals surface area contributed by atoms with E-state index in [0.29, 0.717) is 0 Å². The van der Waals surface area contributed by atoms with Crippen LogP contribution in [0.15, 0.2) is 24.3 Å². The Bertz CT molecular complexity index is 365. The molecule has 0 unspecified atom stereocenters. The lowest BCUT2D eigenvalue weighted by Gasteiger charge is -1.99. The van der Waals surface area contributed by atoms with Gasteiger partial charge in [0.2, 0.25) is 0 Å². The van der Waals surface area contributed by atoms with Crippen LogP contribution in [0.2, 0.25) is 0 Å². The van der Waals surface area contributed by atoms with Gasteiger partial charge in [0.1, 0.15) is 5.71 Å². The van der Waals surface area contributed by atoms with Crippen LogP contribution < -0.4 is 0 Å². The molecule has 72 valence electrons. The van der Waals surface area contributed by atoms with Crippen LogP contribution in [0.1, 0.15) is 11.1 Å². The summed E-state index contributed by atoms with van der Waals surface area (Å²) in [6.45, 7) is 1.96. The van der Waals surface area contributed by atoms with Gasteiger partial charge in [-0.15, -0.1) is 0 Å². The van der Waals surface area contributed by atoms with E-state index in [4.69, 9.17) is 5.41 Å². The Labute approximate surface area is 82.3 Å². The highest BCUT2D eigenvalue weighted by atomic mass is 16.1. The number of benzene rings is 1. The lowest BCUT2D eigenvalue weighted by molar-refractivity contribution is -0.113. The number of ketones is 1. The number of aldehydes is 1. The summed E-state index contributed by atoms with van der Waals surface area (Å²) in [4.78, 5) is 21.3. The minimum absolute atomic E-state index is 0.123. The number of nitrogens with one attached hydrogen (secondary N) is 1. The molecule has 0 aliphatic rings. The molecule has 1 rings (SSSR count). The second-order valence-corrected chi connectivity index (χ2v) is 3.12. The third-order valence-corrected chi connectivity index (χ3v) is 1.90. The van der Waals surface area contributed by atoms with Crippen LogP contribution in [0.4, 0.5) is 0 Å². The smallest absolute Gasteiger partial charge is 0.188 e. The predicted molar refractivity (Wildman–Crippen MR) is 53.7 cm³/mol. The van der Waals surface area contributed by atoms with Gasteiger partial charge in [-0.2, -0.15) is 0 Å². The molecule has 1 aromatic rings. The fraction of sp³-hybridized carbons (Fsp3) is 0.182. The molecule has 0 amide bonds. The van der Waals surface area contributed by atoms with E-state index in [-0.39, 0.29) is 12.7 Å². The molecule has 0 spiro atoms. The predicted octanol–water partition coefficient (Wildman–Crippen LogP) is 1.33. The quantitative estimate of drug-likeness (QED) is 0.441. The van der Waals surface area contributed by atoms with Gasteiger partial charge in [-0.05, 0) is 12.5 Å². The Morgan fingerprint density at radius 3 is 2.43 bits per heavy atom. The monoisotopic (exact) mass is 189 g/mol. The summed E-state index contributed by atoms with van der Waals surface area (Å²) in [6, 6.07) is 7.44. The molecule has 1 aromatic carbocycles. The third kappa shape index (κ3) is 2.62. The number of carbonyl (C=O) groups excluding carboxylic acids is 2. The van der Waals surface area contributed by atoms with Gasteiger partial charge in [0, 0.05) is 6.42 Å². The molecule has 3 heteroatoms. The molecule has 0 fully saturated rings. The summed E-state index contributed by atoms with van der Waals surface area (Å²) in [7, 11) is 0. The number of hydrogen-bond donors (Lipinski definition) is 1. The Balaban J connectivity index is 2.70. The summed E-state index contributed by atoms with van der Waals surface area (Å²) < 4.78 is 0. The molecule has 0 saturated carbocycles. The maximum Gasteiger partial charge on any atom is 0.188 e. The molecule has 0 aromatic heterocycles. The largest absolute Gasteiger partial charge is 0.296 e. The first-order valence-electron chi connectivity index (χ1n) is 4.26. The second-order valence-electron chi connectivity index (χ2n) is 3.12. The Kier molecular flexibility index (Phi) is 3.29. The van der Waals surface area contributed by atoms with Gasteiger partial charge in [-0.1, -0.05) is 29.8 Å². The first-order chi connectivity index (χ1) is 6.63. The van der Waals surface area contributed by atoms with Crippen molar-refractivity contribution >= 4 is 17.8 Å². The minimum atomic E-state index is -0.467. The maximum absolute atomic E-state index is 11.2. The van der Waals surface area contributed by atoms with Crippen molar-refractivity contribution in [3.05, 3.63) is 35.4 Å². The molecule has 1 N–H and O–H groups in total. The van der Waals surface area contributed by atoms with E-state index in [1.807, 2.05) is 31.2 Å². The fourth-order valence-corrected chi connectivity index (χ4v) is 1.05. The summed E-state index contributed by atoms with van der Waals surface area (Å²) in [5, 5.41) is 7.02. The van der Waals surface area contributed by atoms with Crippen molar-refractivity contribution in [2.24, 2.45) is 0 Å². The van der Waals surface area contributed by atoms with E-state index in [9.17, 15) is 9.59 Å². The van der Waals surface area contributed by atoms with E-state index >= 15 is 0 Å². The summed E-state index contributed by atoms with van der Waals surface area (Å²) in [5.74, 6) is -0.441. The summed E-state index contributed by atoms with van der Waals surface area (Å²) in [6.07, 6.45) is 0.397. The lowest BCUT2D eigenvalue weighted by Crippen LogP contribution is -2.16. The Morgan fingerprint density at radius 1 is 1.36 bits per heavy atom. The summed E-state index contributed by atoms with van der Waals surface area (Å²) in [5.41, 5.74) is 1.48. The lowest BCUT2D eigenvalue weighted by atomic mass is 10.1. The highest BCUT2D eigenvalue weighted by Gasteiger charge is 2.08. The average Bonchev–Trinajstić information content (AvgIpc) is 2.20. The van der Waals surface area contributed by atoms with Crippen molar-refractivity contribution in [2.75, 3.05) is 0 Å². The van der Waals surface area contributed by atoms with Crippen molar-refractivity contribution in [2.45, 2.75) is 13.3 Å². The van der Waals surface area contributed by atoms with Crippen LogP contribution in [0.3, 0.4) is 0 Å². The van der Waals surface area contributed by atoms with Gasteiger partial charge in [0.15, 0.2) is 12.1 Å². The number of Topliss-reactive ketones (excluding diaryl/α,β-unsaturated/α-hetero) is 1. The van der Waals surface area contributed by atoms with Crippen molar-refractivity contribution in [1.29, 1.82) is 5.41 Å². The van der Waals surface area contributed by atoms with Crippen molar-refractivity contribution in [3.63, 3.8) is 0 Å². The zero-order valence-electron chi connectivity index (χ0n) is 7.91. The third-order valence-electron chi connectivity index (χ3n) is 1.90. The van der Waals surface area contributed by atoms with E-state index in [2.05, 4.69) is 0 Å². The van der Waals surface area contributed by atoms with Crippen LogP contribution in [0.5, 0.6) is 0 Å². The maximum atomic E-state index is 11.2. The van der Waals surface area contributed by atoms with E-state index < -0.39 is 11.5 Å². The number of hydrogen-bond acceptors (Lipinski definition) is 3. The van der Waals surface area contributed by atoms with Crippen LogP contribution in [-0.2, 0) is 16.0 Å². The van der Waals surface area contributed by atoms with Gasteiger partial charge in [-0.3, -0.25) is 15.0 Å². The topological polar surface area (TPSA) is 58.0 Å². The number of aryl methyl sites for hydroxylation is 1. The SMILES string of the molecule is Cc1ccc(CC(=O)C(=N)C=O)cc1. The first-order valence-corrected chi connectivity index (χ1v) is 4.26. The average molecular weight is 189 g/mol. The minimum Gasteiger partial charge on any atom is -0.296 e. The normalized spacial score (nSPS) is 9.50. The van der Waals surface area contributed by atoms with Crippen molar-refractivity contribution < 1.29 is 9.59 Å². The Morgan fingerprint density at radius 2 is 1.93 bits per heavy atom. The van der Waals surface area contributed by atoms with Crippen LogP contribution >= 0.6 is 0 Å². The van der Waals surface area contributed by atoms with Gasteiger partial charge in [-0.25, -0.2) is 0 Å². The van der Waals surface area contributed by atoms with Gasteiger partial charge in [0.25, 0.3) is 0 Å². The Hall–Kier alpha value is -1.77. The van der Waals surface area contributed by atoms with Crippen molar-refractivity contribution in [3.8, 4) is 0 Å². The molecular weight excluding hydrogens is 178 g/mol. The van der Waals surface area contributed by atoms with Gasteiger partial charge < -0.3 is 0 Å². The first kappa shape index (κ1) is 10.3. The molecule has 0 heterocycles. The summed E-state index contributed by atoms with van der Waals surface area (Å²) >= 11 is 0. The molecule has 0 aliphatic carbocycles. The van der Waals surface area contributed by atoms with E-state index in [0.717, 1.165) is 11.1 Å². The zero-order chi connectivity index (χ0) is 10.6. The molecule has 0 bridgehead atoms. The highest BCUT2D eigenvalue weighted by Crippen LogP contribution is 2.04. The van der Waals surface area contributed by atoms with Crippen molar-refractivity contribution in [1.82, 2.24) is 0 Å². The molecular formula is C11H11NO2. The van der Waals surface area contributed by atoms with E-state index in [1.165, 1.54) is 0 Å². The molecule has 14 heavy (non-hydrogen) atoms. The zero-order valence-corrected chi connectivity index (χ0v) is 7.91. The van der Waals surface area contributed by atoms with E-state index in [1.54, 1.807) is 0 Å². The molecule has 3 nitrogen and oxygen atoms in total.